The number of carbonyl (C=O) groups is 1. The third kappa shape index (κ3) is 2.03. The van der Waals surface area contributed by atoms with Gasteiger partial charge in [-0.2, -0.15) is 4.37 Å². The van der Waals surface area contributed by atoms with Crippen LogP contribution in [0.3, 0.4) is 0 Å². The second-order valence-electron chi connectivity index (χ2n) is 3.89. The fraction of sp³-hybridized carbons (Fsp3) is 0.600. The molecule has 1 fully saturated rings. The molecule has 1 aliphatic rings. The van der Waals surface area contributed by atoms with E-state index in [1.54, 1.807) is 6.92 Å². The van der Waals surface area contributed by atoms with E-state index in [4.69, 9.17) is 9.84 Å². The van der Waals surface area contributed by atoms with Crippen LogP contribution in [0, 0.1) is 6.92 Å². The zero-order valence-electron chi connectivity index (χ0n) is 9.19. The molecule has 0 aliphatic carbocycles. The van der Waals surface area contributed by atoms with E-state index in [2.05, 4.69) is 9.69 Å². The maximum absolute atomic E-state index is 11.1. The van der Waals surface area contributed by atoms with Crippen LogP contribution in [-0.2, 0) is 4.74 Å². The van der Waals surface area contributed by atoms with Crippen molar-refractivity contribution in [3.05, 3.63) is 11.3 Å². The van der Waals surface area contributed by atoms with E-state index in [1.165, 1.54) is 11.5 Å². The Balaban J connectivity index is 2.18. The van der Waals surface area contributed by atoms with Gasteiger partial charge in [-0.25, -0.2) is 4.79 Å². The molecule has 6 heteroatoms. The van der Waals surface area contributed by atoms with Crippen molar-refractivity contribution in [1.29, 1.82) is 0 Å². The zero-order chi connectivity index (χ0) is 11.7. The SMILES string of the molecule is Cc1nsc(NC2CCOC2C)c1C(=O)O. The van der Waals surface area contributed by atoms with Crippen molar-refractivity contribution in [2.75, 3.05) is 11.9 Å². The number of aromatic carboxylic acids is 1. The molecule has 1 aromatic heterocycles. The van der Waals surface area contributed by atoms with Gasteiger partial charge in [0.25, 0.3) is 0 Å². The van der Waals surface area contributed by atoms with Gasteiger partial charge in [0.2, 0.25) is 0 Å². The zero-order valence-corrected chi connectivity index (χ0v) is 10.0. The van der Waals surface area contributed by atoms with Crippen LogP contribution in [0.5, 0.6) is 0 Å². The van der Waals surface area contributed by atoms with Gasteiger partial charge in [-0.1, -0.05) is 0 Å². The van der Waals surface area contributed by atoms with Crippen LogP contribution in [0.25, 0.3) is 0 Å². The summed E-state index contributed by atoms with van der Waals surface area (Å²) >= 11 is 1.20. The summed E-state index contributed by atoms with van der Waals surface area (Å²) in [5.74, 6) is -0.930. The fourth-order valence-electron chi connectivity index (χ4n) is 1.81. The van der Waals surface area contributed by atoms with Crippen LogP contribution in [0.4, 0.5) is 5.00 Å². The van der Waals surface area contributed by atoms with Gasteiger partial charge >= 0.3 is 5.97 Å². The Morgan fingerprint density at radius 2 is 2.44 bits per heavy atom. The molecule has 5 nitrogen and oxygen atoms in total. The lowest BCUT2D eigenvalue weighted by Crippen LogP contribution is -2.27. The number of hydrogen-bond donors (Lipinski definition) is 2. The molecular weight excluding hydrogens is 228 g/mol. The Bertz CT molecular complexity index is 405. The number of ether oxygens (including phenoxy) is 1. The minimum Gasteiger partial charge on any atom is -0.478 e. The van der Waals surface area contributed by atoms with Crippen molar-refractivity contribution >= 4 is 22.5 Å². The highest BCUT2D eigenvalue weighted by atomic mass is 32.1. The van der Waals surface area contributed by atoms with Gasteiger partial charge in [-0.05, 0) is 31.8 Å². The van der Waals surface area contributed by atoms with Crippen LogP contribution in [0.2, 0.25) is 0 Å². The lowest BCUT2D eigenvalue weighted by atomic mass is 10.1. The predicted molar refractivity (Wildman–Crippen MR) is 61.3 cm³/mol. The van der Waals surface area contributed by atoms with Crippen LogP contribution < -0.4 is 5.32 Å². The fourth-order valence-corrected chi connectivity index (χ4v) is 2.66. The minimum atomic E-state index is -0.930. The van der Waals surface area contributed by atoms with E-state index < -0.39 is 5.97 Å². The van der Waals surface area contributed by atoms with Crippen LogP contribution in [0.15, 0.2) is 0 Å². The third-order valence-electron chi connectivity index (χ3n) is 2.77. The molecule has 88 valence electrons. The van der Waals surface area contributed by atoms with Crippen molar-refractivity contribution < 1.29 is 14.6 Å². The number of anilines is 1. The molecule has 2 unspecified atom stereocenters. The first kappa shape index (κ1) is 11.3. The lowest BCUT2D eigenvalue weighted by molar-refractivity contribution is 0.0697. The van der Waals surface area contributed by atoms with Gasteiger partial charge in [0.1, 0.15) is 10.6 Å². The van der Waals surface area contributed by atoms with E-state index in [0.29, 0.717) is 10.7 Å². The highest BCUT2D eigenvalue weighted by Gasteiger charge is 2.27. The Morgan fingerprint density at radius 1 is 1.69 bits per heavy atom. The largest absolute Gasteiger partial charge is 0.478 e. The molecule has 1 aromatic rings. The maximum atomic E-state index is 11.1. The summed E-state index contributed by atoms with van der Waals surface area (Å²) < 4.78 is 9.48. The molecule has 2 rings (SSSR count). The molecule has 0 amide bonds. The number of carboxylic acid groups (broad SMARTS) is 1. The number of nitrogens with zero attached hydrogens (tertiary/aromatic N) is 1. The number of hydrogen-bond acceptors (Lipinski definition) is 5. The van der Waals surface area contributed by atoms with E-state index >= 15 is 0 Å². The molecule has 1 aliphatic heterocycles. The monoisotopic (exact) mass is 242 g/mol. The summed E-state index contributed by atoms with van der Waals surface area (Å²) in [6.45, 7) is 4.41. The second kappa shape index (κ2) is 4.39. The number of aryl methyl sites for hydroxylation is 1. The van der Waals surface area contributed by atoms with Crippen molar-refractivity contribution in [2.45, 2.75) is 32.4 Å². The number of nitrogens with one attached hydrogen (secondary N) is 1. The first-order valence-electron chi connectivity index (χ1n) is 5.17. The number of aromatic nitrogens is 1. The molecule has 0 bridgehead atoms. The third-order valence-corrected chi connectivity index (χ3v) is 3.64. The topological polar surface area (TPSA) is 71.5 Å². The van der Waals surface area contributed by atoms with E-state index in [0.717, 1.165) is 13.0 Å². The average Bonchev–Trinajstić information content (AvgIpc) is 2.75. The highest BCUT2D eigenvalue weighted by Crippen LogP contribution is 2.27. The Morgan fingerprint density at radius 3 is 3.00 bits per heavy atom. The second-order valence-corrected chi connectivity index (χ2v) is 4.67. The standard InChI is InChI=1S/C10H14N2O3S/c1-5-8(10(13)14)9(16-12-5)11-7-3-4-15-6(7)2/h6-7,11H,3-4H2,1-2H3,(H,13,14). The number of rotatable bonds is 3. The molecule has 16 heavy (non-hydrogen) atoms. The smallest absolute Gasteiger partial charge is 0.340 e. The summed E-state index contributed by atoms with van der Waals surface area (Å²) in [7, 11) is 0. The van der Waals surface area contributed by atoms with Gasteiger partial charge < -0.3 is 15.2 Å². The maximum Gasteiger partial charge on any atom is 0.340 e. The summed E-state index contributed by atoms with van der Waals surface area (Å²) in [5.41, 5.74) is 0.843. The summed E-state index contributed by atoms with van der Waals surface area (Å²) in [5, 5.41) is 12.9. The molecule has 1 saturated heterocycles. The van der Waals surface area contributed by atoms with Gasteiger partial charge in [0, 0.05) is 6.61 Å². The van der Waals surface area contributed by atoms with Crippen molar-refractivity contribution in [3.8, 4) is 0 Å². The van der Waals surface area contributed by atoms with Gasteiger partial charge in [-0.15, -0.1) is 0 Å². The van der Waals surface area contributed by atoms with Crippen molar-refractivity contribution in [3.63, 3.8) is 0 Å². The average molecular weight is 242 g/mol. The van der Waals surface area contributed by atoms with Gasteiger partial charge in [0.15, 0.2) is 0 Å². The van der Waals surface area contributed by atoms with Crippen LogP contribution in [-0.4, -0.2) is 34.2 Å². The quantitative estimate of drug-likeness (QED) is 0.844. The Kier molecular flexibility index (Phi) is 3.11. The van der Waals surface area contributed by atoms with Crippen LogP contribution in [0.1, 0.15) is 29.4 Å². The molecule has 0 radical (unpaired) electrons. The molecular formula is C10H14N2O3S. The first-order valence-corrected chi connectivity index (χ1v) is 5.94. The number of carboxylic acids is 1. The highest BCUT2D eigenvalue weighted by molar-refractivity contribution is 7.10. The Hall–Kier alpha value is -1.14. The predicted octanol–water partition coefficient (Wildman–Crippen LogP) is 1.74. The van der Waals surface area contributed by atoms with E-state index in [-0.39, 0.29) is 17.7 Å². The lowest BCUT2D eigenvalue weighted by Gasteiger charge is -2.16. The Labute approximate surface area is 97.6 Å². The normalized spacial score (nSPS) is 24.6. The van der Waals surface area contributed by atoms with Crippen molar-refractivity contribution in [1.82, 2.24) is 4.37 Å². The molecule has 2 N–H and O–H groups in total. The van der Waals surface area contributed by atoms with E-state index in [1.807, 2.05) is 6.92 Å². The summed E-state index contributed by atoms with van der Waals surface area (Å²) in [6.07, 6.45) is 1.01. The van der Waals surface area contributed by atoms with Gasteiger partial charge in [-0.3, -0.25) is 0 Å². The first-order chi connectivity index (χ1) is 7.59. The van der Waals surface area contributed by atoms with E-state index in [9.17, 15) is 4.79 Å². The summed E-state index contributed by atoms with van der Waals surface area (Å²) in [4.78, 5) is 11.1. The molecule has 2 atom stereocenters. The molecule has 0 saturated carbocycles. The molecule has 0 aromatic carbocycles. The van der Waals surface area contributed by atoms with Crippen LogP contribution >= 0.6 is 11.5 Å². The molecule has 2 heterocycles. The molecule has 0 spiro atoms. The minimum absolute atomic E-state index is 0.115. The summed E-state index contributed by atoms with van der Waals surface area (Å²) in [6, 6.07) is 0.179. The van der Waals surface area contributed by atoms with Gasteiger partial charge in [0.05, 0.1) is 17.8 Å². The van der Waals surface area contributed by atoms with Crippen molar-refractivity contribution in [2.24, 2.45) is 0 Å².